The smallest absolute Gasteiger partial charge is 0.332 e. The van der Waals surface area contributed by atoms with Crippen molar-refractivity contribution in [2.24, 2.45) is 7.05 Å². The van der Waals surface area contributed by atoms with Gasteiger partial charge in [-0.15, -0.1) is 0 Å². The van der Waals surface area contributed by atoms with Crippen molar-refractivity contribution in [1.82, 2.24) is 9.13 Å². The molecule has 5 heteroatoms. The maximum atomic E-state index is 11.8. The summed E-state index contributed by atoms with van der Waals surface area (Å²) < 4.78 is 3.08. The fourth-order valence-electron chi connectivity index (χ4n) is 1.97. The van der Waals surface area contributed by atoms with E-state index in [9.17, 15) is 9.59 Å². The molecular weight excluding hydrogens is 244 g/mol. The topological polar surface area (TPSA) is 64.2 Å². The SMILES string of the molecule is Cn1ccn(-c2cccc(CCCC(=O)O)c2)c1=O. The summed E-state index contributed by atoms with van der Waals surface area (Å²) in [4.78, 5) is 22.3. The quantitative estimate of drug-likeness (QED) is 0.887. The standard InChI is InChI=1S/C14H16N2O3/c1-15-8-9-16(14(15)19)12-6-2-4-11(10-12)5-3-7-13(17)18/h2,4,6,8-10H,3,5,7H2,1H3,(H,17,18). The third kappa shape index (κ3) is 3.13. The van der Waals surface area contributed by atoms with Gasteiger partial charge in [-0.3, -0.25) is 9.36 Å². The Hall–Kier alpha value is -2.30. The van der Waals surface area contributed by atoms with Gasteiger partial charge in [0, 0.05) is 25.9 Å². The van der Waals surface area contributed by atoms with Crippen molar-refractivity contribution in [2.75, 3.05) is 0 Å². The average Bonchev–Trinajstić information content (AvgIpc) is 2.70. The number of imidazole rings is 1. The first-order valence-corrected chi connectivity index (χ1v) is 6.13. The lowest BCUT2D eigenvalue weighted by Crippen LogP contribution is -2.20. The molecule has 1 aromatic heterocycles. The van der Waals surface area contributed by atoms with E-state index >= 15 is 0 Å². The van der Waals surface area contributed by atoms with Gasteiger partial charge in [-0.25, -0.2) is 4.79 Å². The average molecular weight is 260 g/mol. The Labute approximate surface area is 110 Å². The van der Waals surface area contributed by atoms with Gasteiger partial charge >= 0.3 is 11.7 Å². The van der Waals surface area contributed by atoms with E-state index in [0.29, 0.717) is 12.8 Å². The summed E-state index contributed by atoms with van der Waals surface area (Å²) in [5.74, 6) is -0.782. The zero-order chi connectivity index (χ0) is 13.8. The highest BCUT2D eigenvalue weighted by atomic mass is 16.4. The highest BCUT2D eigenvalue weighted by molar-refractivity contribution is 5.66. The predicted molar refractivity (Wildman–Crippen MR) is 71.6 cm³/mol. The van der Waals surface area contributed by atoms with Gasteiger partial charge in [-0.05, 0) is 30.5 Å². The number of nitrogens with zero attached hydrogens (tertiary/aromatic N) is 2. The number of hydrogen-bond donors (Lipinski definition) is 1. The van der Waals surface area contributed by atoms with Crippen molar-refractivity contribution < 1.29 is 9.90 Å². The van der Waals surface area contributed by atoms with E-state index in [0.717, 1.165) is 11.3 Å². The summed E-state index contributed by atoms with van der Waals surface area (Å²) in [5, 5.41) is 8.62. The summed E-state index contributed by atoms with van der Waals surface area (Å²) in [5.41, 5.74) is 1.75. The lowest BCUT2D eigenvalue weighted by atomic mass is 10.1. The zero-order valence-electron chi connectivity index (χ0n) is 10.7. The van der Waals surface area contributed by atoms with Crippen molar-refractivity contribution in [1.29, 1.82) is 0 Å². The van der Waals surface area contributed by atoms with E-state index in [2.05, 4.69) is 0 Å². The zero-order valence-corrected chi connectivity index (χ0v) is 10.7. The van der Waals surface area contributed by atoms with Crippen LogP contribution in [0.15, 0.2) is 41.5 Å². The van der Waals surface area contributed by atoms with Crippen LogP contribution in [0.5, 0.6) is 0 Å². The minimum Gasteiger partial charge on any atom is -0.481 e. The maximum absolute atomic E-state index is 11.8. The molecule has 0 bridgehead atoms. The number of hydrogen-bond acceptors (Lipinski definition) is 2. The van der Waals surface area contributed by atoms with E-state index in [4.69, 9.17) is 5.11 Å². The molecule has 0 unspecified atom stereocenters. The molecule has 100 valence electrons. The van der Waals surface area contributed by atoms with Gasteiger partial charge in [0.05, 0.1) is 5.69 Å². The van der Waals surface area contributed by atoms with Gasteiger partial charge in [0.2, 0.25) is 0 Å². The number of carboxylic acids is 1. The molecule has 0 aliphatic heterocycles. The Balaban J connectivity index is 2.17. The van der Waals surface area contributed by atoms with Crippen LogP contribution in [0.1, 0.15) is 18.4 Å². The minimum atomic E-state index is -0.782. The van der Waals surface area contributed by atoms with Gasteiger partial charge in [0.1, 0.15) is 0 Å². The van der Waals surface area contributed by atoms with Crippen LogP contribution in [0.4, 0.5) is 0 Å². The molecule has 0 fully saturated rings. The first-order valence-electron chi connectivity index (χ1n) is 6.13. The van der Waals surface area contributed by atoms with E-state index in [1.165, 1.54) is 4.57 Å². The summed E-state index contributed by atoms with van der Waals surface area (Å²) >= 11 is 0. The van der Waals surface area contributed by atoms with E-state index in [-0.39, 0.29) is 12.1 Å². The van der Waals surface area contributed by atoms with Gasteiger partial charge in [0.25, 0.3) is 0 Å². The summed E-state index contributed by atoms with van der Waals surface area (Å²) in [6.07, 6.45) is 4.89. The lowest BCUT2D eigenvalue weighted by Gasteiger charge is -2.05. The highest BCUT2D eigenvalue weighted by Crippen LogP contribution is 2.11. The van der Waals surface area contributed by atoms with Crippen LogP contribution in [0.25, 0.3) is 5.69 Å². The van der Waals surface area contributed by atoms with Crippen molar-refractivity contribution in [3.05, 3.63) is 52.7 Å². The van der Waals surface area contributed by atoms with Gasteiger partial charge in [-0.2, -0.15) is 0 Å². The summed E-state index contributed by atoms with van der Waals surface area (Å²) in [6.45, 7) is 0. The summed E-state index contributed by atoms with van der Waals surface area (Å²) in [7, 11) is 1.70. The van der Waals surface area contributed by atoms with Crippen LogP contribution in [0.2, 0.25) is 0 Å². The molecule has 0 amide bonds. The first kappa shape index (κ1) is 13.1. The van der Waals surface area contributed by atoms with Crippen molar-refractivity contribution >= 4 is 5.97 Å². The monoisotopic (exact) mass is 260 g/mol. The number of aliphatic carboxylic acids is 1. The third-order valence-electron chi connectivity index (χ3n) is 2.99. The normalized spacial score (nSPS) is 10.6. The number of carbonyl (C=O) groups is 1. The highest BCUT2D eigenvalue weighted by Gasteiger charge is 2.04. The van der Waals surface area contributed by atoms with Crippen LogP contribution in [0, 0.1) is 0 Å². The molecular formula is C14H16N2O3. The lowest BCUT2D eigenvalue weighted by molar-refractivity contribution is -0.137. The summed E-state index contributed by atoms with van der Waals surface area (Å²) in [6, 6.07) is 7.61. The minimum absolute atomic E-state index is 0.0947. The molecule has 0 atom stereocenters. The molecule has 0 radical (unpaired) electrons. The van der Waals surface area contributed by atoms with Crippen LogP contribution >= 0.6 is 0 Å². The Morgan fingerprint density at radius 1 is 1.32 bits per heavy atom. The fraction of sp³-hybridized carbons (Fsp3) is 0.286. The molecule has 2 aromatic rings. The second-order valence-electron chi connectivity index (χ2n) is 4.48. The van der Waals surface area contributed by atoms with E-state index in [1.54, 1.807) is 24.0 Å². The fourth-order valence-corrected chi connectivity index (χ4v) is 1.97. The van der Waals surface area contributed by atoms with Crippen LogP contribution < -0.4 is 5.69 Å². The van der Waals surface area contributed by atoms with Gasteiger partial charge in [0.15, 0.2) is 0 Å². The molecule has 0 saturated heterocycles. The third-order valence-corrected chi connectivity index (χ3v) is 2.99. The van der Waals surface area contributed by atoms with Crippen LogP contribution in [0.3, 0.4) is 0 Å². The molecule has 5 nitrogen and oxygen atoms in total. The molecule has 0 aliphatic rings. The predicted octanol–water partition coefficient (Wildman–Crippen LogP) is 1.58. The van der Waals surface area contributed by atoms with Gasteiger partial charge < -0.3 is 9.67 Å². The van der Waals surface area contributed by atoms with E-state index < -0.39 is 5.97 Å². The number of benzene rings is 1. The number of aromatic nitrogens is 2. The second kappa shape index (κ2) is 5.56. The number of carboxylic acid groups (broad SMARTS) is 1. The maximum Gasteiger partial charge on any atom is 0.332 e. The molecule has 2 rings (SSSR count). The molecule has 0 spiro atoms. The number of aryl methyl sites for hydroxylation is 2. The van der Waals surface area contributed by atoms with Crippen molar-refractivity contribution in [3.8, 4) is 5.69 Å². The largest absolute Gasteiger partial charge is 0.481 e. The molecule has 0 saturated carbocycles. The Morgan fingerprint density at radius 2 is 2.11 bits per heavy atom. The first-order chi connectivity index (χ1) is 9.08. The second-order valence-corrected chi connectivity index (χ2v) is 4.48. The van der Waals surface area contributed by atoms with Crippen LogP contribution in [-0.2, 0) is 18.3 Å². The Morgan fingerprint density at radius 3 is 2.74 bits per heavy atom. The Kier molecular flexibility index (Phi) is 3.85. The van der Waals surface area contributed by atoms with Crippen LogP contribution in [-0.4, -0.2) is 20.2 Å². The molecule has 1 N–H and O–H groups in total. The molecule has 1 aromatic carbocycles. The van der Waals surface area contributed by atoms with Crippen molar-refractivity contribution in [2.45, 2.75) is 19.3 Å². The molecule has 0 aliphatic carbocycles. The molecule has 19 heavy (non-hydrogen) atoms. The van der Waals surface area contributed by atoms with E-state index in [1.807, 2.05) is 24.3 Å². The number of rotatable bonds is 5. The molecule has 1 heterocycles. The Bertz CT molecular complexity index is 640. The van der Waals surface area contributed by atoms with Gasteiger partial charge in [-0.1, -0.05) is 12.1 Å². The van der Waals surface area contributed by atoms with Crippen molar-refractivity contribution in [3.63, 3.8) is 0 Å².